The molecule has 6 heteroatoms. The first-order chi connectivity index (χ1) is 7.88. The number of rotatable bonds is 5. The number of hydrogen-bond donors (Lipinski definition) is 2. The molecule has 0 aliphatic carbocycles. The fourth-order valence-electron chi connectivity index (χ4n) is 1.51. The topological polar surface area (TPSA) is 84.7 Å². The maximum Gasteiger partial charge on any atom is 0.410 e. The zero-order valence-corrected chi connectivity index (χ0v) is 10.7. The van der Waals surface area contributed by atoms with Crippen LogP contribution in [0.4, 0.5) is 4.79 Å². The van der Waals surface area contributed by atoms with Gasteiger partial charge in [-0.15, -0.1) is 0 Å². The van der Waals surface area contributed by atoms with Crippen LogP contribution in [-0.2, 0) is 9.53 Å². The molecule has 0 aromatic carbocycles. The standard InChI is InChI=1S/C11H21N3O3/c1-4-11(2,3)13-9(15)7-14-6-8(5-12)17-10(14)16/h8H,4-7,12H2,1-3H3,(H,13,15). The van der Waals surface area contributed by atoms with Gasteiger partial charge >= 0.3 is 6.09 Å². The van der Waals surface area contributed by atoms with Gasteiger partial charge in [-0.25, -0.2) is 4.79 Å². The van der Waals surface area contributed by atoms with Gasteiger partial charge in [-0.05, 0) is 20.3 Å². The molecular formula is C11H21N3O3. The molecule has 2 amide bonds. The highest BCUT2D eigenvalue weighted by molar-refractivity contribution is 5.83. The van der Waals surface area contributed by atoms with Gasteiger partial charge in [0.25, 0.3) is 0 Å². The van der Waals surface area contributed by atoms with Crippen molar-refractivity contribution in [3.05, 3.63) is 0 Å². The maximum absolute atomic E-state index is 11.7. The zero-order chi connectivity index (χ0) is 13.1. The number of nitrogens with two attached hydrogens (primary N) is 1. The summed E-state index contributed by atoms with van der Waals surface area (Å²) in [5.41, 5.74) is 5.15. The molecule has 98 valence electrons. The van der Waals surface area contributed by atoms with Crippen molar-refractivity contribution in [2.45, 2.75) is 38.8 Å². The summed E-state index contributed by atoms with van der Waals surface area (Å²) < 4.78 is 4.96. The lowest BCUT2D eigenvalue weighted by Crippen LogP contribution is -2.47. The van der Waals surface area contributed by atoms with E-state index in [2.05, 4.69) is 5.32 Å². The fraction of sp³-hybridized carbons (Fsp3) is 0.818. The molecule has 0 spiro atoms. The molecule has 0 aromatic rings. The van der Waals surface area contributed by atoms with E-state index >= 15 is 0 Å². The number of carbonyl (C=O) groups is 2. The van der Waals surface area contributed by atoms with Gasteiger partial charge in [-0.3, -0.25) is 9.69 Å². The highest BCUT2D eigenvalue weighted by atomic mass is 16.6. The molecule has 3 N–H and O–H groups in total. The minimum Gasteiger partial charge on any atom is -0.443 e. The Labute approximate surface area is 101 Å². The molecule has 1 fully saturated rings. The first-order valence-electron chi connectivity index (χ1n) is 5.84. The van der Waals surface area contributed by atoms with Gasteiger partial charge in [0.15, 0.2) is 0 Å². The lowest BCUT2D eigenvalue weighted by molar-refractivity contribution is -0.123. The van der Waals surface area contributed by atoms with Crippen LogP contribution in [0.25, 0.3) is 0 Å². The molecule has 17 heavy (non-hydrogen) atoms. The van der Waals surface area contributed by atoms with E-state index in [1.165, 1.54) is 4.90 Å². The van der Waals surface area contributed by atoms with Crippen LogP contribution in [-0.4, -0.2) is 48.2 Å². The van der Waals surface area contributed by atoms with E-state index in [1.807, 2.05) is 20.8 Å². The second-order valence-electron chi connectivity index (χ2n) is 4.91. The van der Waals surface area contributed by atoms with Crippen LogP contribution in [0.1, 0.15) is 27.2 Å². The monoisotopic (exact) mass is 243 g/mol. The Balaban J connectivity index is 2.44. The summed E-state index contributed by atoms with van der Waals surface area (Å²) in [7, 11) is 0. The minimum atomic E-state index is -0.468. The summed E-state index contributed by atoms with van der Waals surface area (Å²) >= 11 is 0. The van der Waals surface area contributed by atoms with Crippen LogP contribution in [0.15, 0.2) is 0 Å². The third-order valence-corrected chi connectivity index (χ3v) is 2.91. The number of carbonyl (C=O) groups excluding carboxylic acids is 2. The van der Waals surface area contributed by atoms with Gasteiger partial charge in [-0.1, -0.05) is 6.92 Å². The van der Waals surface area contributed by atoms with E-state index in [9.17, 15) is 9.59 Å². The predicted octanol–water partition coefficient (Wildman–Crippen LogP) is 0.0707. The van der Waals surface area contributed by atoms with Crippen LogP contribution in [0.2, 0.25) is 0 Å². The summed E-state index contributed by atoms with van der Waals surface area (Å²) in [6.45, 7) is 6.57. The van der Waals surface area contributed by atoms with Crippen LogP contribution < -0.4 is 11.1 Å². The molecule has 1 rings (SSSR count). The molecule has 0 aromatic heterocycles. The predicted molar refractivity (Wildman–Crippen MR) is 63.4 cm³/mol. The van der Waals surface area contributed by atoms with E-state index in [1.54, 1.807) is 0 Å². The Kier molecular flexibility index (Phi) is 4.34. The van der Waals surface area contributed by atoms with Crippen LogP contribution in [0, 0.1) is 0 Å². The smallest absolute Gasteiger partial charge is 0.410 e. The van der Waals surface area contributed by atoms with E-state index in [0.717, 1.165) is 6.42 Å². The molecule has 0 saturated carbocycles. The van der Waals surface area contributed by atoms with Crippen molar-refractivity contribution in [3.63, 3.8) is 0 Å². The van der Waals surface area contributed by atoms with Crippen molar-refractivity contribution in [1.29, 1.82) is 0 Å². The van der Waals surface area contributed by atoms with E-state index in [4.69, 9.17) is 10.5 Å². The lowest BCUT2D eigenvalue weighted by atomic mass is 10.0. The number of ether oxygens (including phenoxy) is 1. The summed E-state index contributed by atoms with van der Waals surface area (Å²) in [4.78, 5) is 24.5. The van der Waals surface area contributed by atoms with Gasteiger partial charge in [0, 0.05) is 12.1 Å². The molecule has 1 atom stereocenters. The SMILES string of the molecule is CCC(C)(C)NC(=O)CN1CC(CN)OC1=O. The average molecular weight is 243 g/mol. The van der Waals surface area contributed by atoms with Crippen molar-refractivity contribution in [2.75, 3.05) is 19.6 Å². The molecule has 1 saturated heterocycles. The molecule has 0 radical (unpaired) electrons. The first-order valence-corrected chi connectivity index (χ1v) is 5.84. The second-order valence-corrected chi connectivity index (χ2v) is 4.91. The third kappa shape index (κ3) is 3.89. The van der Waals surface area contributed by atoms with E-state index in [-0.39, 0.29) is 30.6 Å². The van der Waals surface area contributed by atoms with Crippen molar-refractivity contribution in [2.24, 2.45) is 5.73 Å². The quantitative estimate of drug-likeness (QED) is 0.715. The van der Waals surface area contributed by atoms with E-state index in [0.29, 0.717) is 6.54 Å². The van der Waals surface area contributed by atoms with Gasteiger partial charge in [0.2, 0.25) is 5.91 Å². The zero-order valence-electron chi connectivity index (χ0n) is 10.7. The van der Waals surface area contributed by atoms with Crippen molar-refractivity contribution in [3.8, 4) is 0 Å². The molecule has 0 bridgehead atoms. The lowest BCUT2D eigenvalue weighted by Gasteiger charge is -2.25. The van der Waals surface area contributed by atoms with Gasteiger partial charge in [-0.2, -0.15) is 0 Å². The number of nitrogens with zero attached hydrogens (tertiary/aromatic N) is 1. The number of hydrogen-bond acceptors (Lipinski definition) is 4. The number of nitrogens with one attached hydrogen (secondary N) is 1. The normalized spacial score (nSPS) is 20.4. The summed E-state index contributed by atoms with van der Waals surface area (Å²) in [5.74, 6) is -0.175. The molecule has 1 aliphatic heterocycles. The van der Waals surface area contributed by atoms with Crippen molar-refractivity contribution < 1.29 is 14.3 Å². The first kappa shape index (κ1) is 13.8. The second kappa shape index (κ2) is 5.35. The van der Waals surface area contributed by atoms with Crippen LogP contribution in [0.5, 0.6) is 0 Å². The minimum absolute atomic E-state index is 0.0266. The average Bonchev–Trinajstić information content (AvgIpc) is 2.59. The van der Waals surface area contributed by atoms with Crippen LogP contribution >= 0.6 is 0 Å². The van der Waals surface area contributed by atoms with Crippen LogP contribution in [0.3, 0.4) is 0 Å². The maximum atomic E-state index is 11.7. The summed E-state index contributed by atoms with van der Waals surface area (Å²) in [6, 6.07) is 0. The molecule has 6 nitrogen and oxygen atoms in total. The Morgan fingerprint density at radius 3 is 2.76 bits per heavy atom. The van der Waals surface area contributed by atoms with Crippen molar-refractivity contribution >= 4 is 12.0 Å². The largest absolute Gasteiger partial charge is 0.443 e. The summed E-state index contributed by atoms with van der Waals surface area (Å²) in [5, 5.41) is 2.87. The Morgan fingerprint density at radius 1 is 1.65 bits per heavy atom. The Hall–Kier alpha value is -1.30. The highest BCUT2D eigenvalue weighted by Crippen LogP contribution is 2.11. The Morgan fingerprint density at radius 2 is 2.29 bits per heavy atom. The Bertz CT molecular complexity index is 304. The third-order valence-electron chi connectivity index (χ3n) is 2.91. The molecular weight excluding hydrogens is 222 g/mol. The fourth-order valence-corrected chi connectivity index (χ4v) is 1.51. The molecule has 1 aliphatic rings. The molecule has 1 heterocycles. The highest BCUT2D eigenvalue weighted by Gasteiger charge is 2.32. The molecule has 1 unspecified atom stereocenters. The number of cyclic esters (lactones) is 1. The van der Waals surface area contributed by atoms with E-state index < -0.39 is 6.09 Å². The van der Waals surface area contributed by atoms with Gasteiger partial charge in [0.1, 0.15) is 12.6 Å². The van der Waals surface area contributed by atoms with Gasteiger partial charge < -0.3 is 15.8 Å². The van der Waals surface area contributed by atoms with Crippen molar-refractivity contribution in [1.82, 2.24) is 10.2 Å². The van der Waals surface area contributed by atoms with Gasteiger partial charge in [0.05, 0.1) is 6.54 Å². The summed E-state index contributed by atoms with van der Waals surface area (Å²) in [6.07, 6.45) is 0.0635. The number of amides is 2.